The molecule has 1 atom stereocenters. The number of urea groups is 1. The molecule has 0 saturated carbocycles. The highest BCUT2D eigenvalue weighted by Crippen LogP contribution is 2.27. The number of nitrogens with one attached hydrogen (secondary N) is 2. The number of amides is 2. The molecule has 150 valence electrons. The maximum absolute atomic E-state index is 12.5. The normalized spacial score (nSPS) is 11.4. The first kappa shape index (κ1) is 20.2. The maximum Gasteiger partial charge on any atom is 0.315 e. The van der Waals surface area contributed by atoms with Crippen LogP contribution in [0.15, 0.2) is 72.9 Å². The van der Waals surface area contributed by atoms with Crippen LogP contribution >= 0.6 is 0 Å². The van der Waals surface area contributed by atoms with Crippen molar-refractivity contribution in [2.24, 2.45) is 0 Å². The van der Waals surface area contributed by atoms with E-state index >= 15 is 0 Å². The van der Waals surface area contributed by atoms with E-state index in [-0.39, 0.29) is 12.1 Å². The van der Waals surface area contributed by atoms with E-state index < -0.39 is 0 Å². The van der Waals surface area contributed by atoms with Crippen LogP contribution in [0.1, 0.15) is 22.9 Å². The highest BCUT2D eigenvalue weighted by Gasteiger charge is 2.17. The smallest absolute Gasteiger partial charge is 0.315 e. The van der Waals surface area contributed by atoms with Crippen molar-refractivity contribution < 1.29 is 14.3 Å². The molecule has 0 aliphatic heterocycles. The van der Waals surface area contributed by atoms with E-state index in [0.717, 1.165) is 16.8 Å². The van der Waals surface area contributed by atoms with Gasteiger partial charge in [-0.1, -0.05) is 42.5 Å². The number of hydrogen-bond acceptors (Lipinski definition) is 4. The lowest BCUT2D eigenvalue weighted by molar-refractivity contribution is 0.238. The summed E-state index contributed by atoms with van der Waals surface area (Å²) in [6.45, 7) is 0.491. The molecule has 3 rings (SSSR count). The number of nitrogens with zero attached hydrogens (tertiary/aromatic N) is 1. The Morgan fingerprint density at radius 2 is 1.72 bits per heavy atom. The zero-order chi connectivity index (χ0) is 20.5. The Labute approximate surface area is 170 Å². The molecule has 1 heterocycles. The molecule has 2 amide bonds. The van der Waals surface area contributed by atoms with Gasteiger partial charge in [0.2, 0.25) is 0 Å². The Bertz CT molecular complexity index is 878. The minimum Gasteiger partial charge on any atom is -0.493 e. The van der Waals surface area contributed by atoms with E-state index in [1.165, 1.54) is 0 Å². The van der Waals surface area contributed by atoms with Gasteiger partial charge in [-0.15, -0.1) is 0 Å². The summed E-state index contributed by atoms with van der Waals surface area (Å²) in [7, 11) is 3.21. The first-order valence-corrected chi connectivity index (χ1v) is 9.42. The van der Waals surface area contributed by atoms with Gasteiger partial charge in [0.1, 0.15) is 0 Å². The molecule has 6 heteroatoms. The summed E-state index contributed by atoms with van der Waals surface area (Å²) in [6, 6.07) is 20.6. The predicted molar refractivity (Wildman–Crippen MR) is 112 cm³/mol. The lowest BCUT2D eigenvalue weighted by Crippen LogP contribution is -2.39. The van der Waals surface area contributed by atoms with Crippen LogP contribution in [0.5, 0.6) is 11.5 Å². The molecule has 0 saturated heterocycles. The fourth-order valence-electron chi connectivity index (χ4n) is 3.06. The standard InChI is InChI=1S/C23H25N3O3/c1-28-20-12-11-17(16-21(20)29-2)13-15-25-23(27)26-22(18-8-4-3-5-9-18)19-10-6-7-14-24-19/h3-12,14,16,22H,13,15H2,1-2H3,(H2,25,26,27). The van der Waals surface area contributed by atoms with Gasteiger partial charge in [0.15, 0.2) is 11.5 Å². The fourth-order valence-corrected chi connectivity index (χ4v) is 3.06. The van der Waals surface area contributed by atoms with Crippen LogP contribution in [0.4, 0.5) is 4.79 Å². The number of pyridine rings is 1. The molecular formula is C23H25N3O3. The molecule has 2 N–H and O–H groups in total. The average molecular weight is 391 g/mol. The van der Waals surface area contributed by atoms with E-state index in [4.69, 9.17) is 9.47 Å². The lowest BCUT2D eigenvalue weighted by Gasteiger charge is -2.19. The molecule has 1 unspecified atom stereocenters. The summed E-state index contributed by atoms with van der Waals surface area (Å²) in [4.78, 5) is 16.9. The van der Waals surface area contributed by atoms with Gasteiger partial charge in [-0.05, 0) is 41.8 Å². The second-order valence-corrected chi connectivity index (χ2v) is 6.44. The van der Waals surface area contributed by atoms with Gasteiger partial charge >= 0.3 is 6.03 Å². The summed E-state index contributed by atoms with van der Waals surface area (Å²) < 4.78 is 10.6. The van der Waals surface area contributed by atoms with Crippen molar-refractivity contribution in [2.75, 3.05) is 20.8 Å². The average Bonchev–Trinajstić information content (AvgIpc) is 2.78. The minimum atomic E-state index is -0.321. The van der Waals surface area contributed by atoms with Crippen LogP contribution in [0.3, 0.4) is 0 Å². The molecule has 29 heavy (non-hydrogen) atoms. The SMILES string of the molecule is COc1ccc(CCNC(=O)NC(c2ccccc2)c2ccccn2)cc1OC. The van der Waals surface area contributed by atoms with E-state index in [1.807, 2.05) is 66.7 Å². The predicted octanol–water partition coefficient (Wildman–Crippen LogP) is 3.73. The van der Waals surface area contributed by atoms with Crippen LogP contribution < -0.4 is 20.1 Å². The molecule has 0 aliphatic rings. The van der Waals surface area contributed by atoms with Crippen molar-refractivity contribution in [1.29, 1.82) is 0 Å². The van der Waals surface area contributed by atoms with E-state index in [0.29, 0.717) is 24.5 Å². The quantitative estimate of drug-likeness (QED) is 0.614. The zero-order valence-corrected chi connectivity index (χ0v) is 16.6. The summed E-state index contributed by atoms with van der Waals surface area (Å²) in [5.74, 6) is 1.36. The second kappa shape index (κ2) is 10.1. The molecule has 1 aromatic heterocycles. The first-order valence-electron chi connectivity index (χ1n) is 9.42. The Hall–Kier alpha value is -3.54. The number of rotatable bonds is 8. The molecule has 0 fully saturated rings. The van der Waals surface area contributed by atoms with Crippen LogP contribution in [0.2, 0.25) is 0 Å². The van der Waals surface area contributed by atoms with Crippen LogP contribution in [0.25, 0.3) is 0 Å². The number of benzene rings is 2. The van der Waals surface area contributed by atoms with Crippen molar-refractivity contribution in [1.82, 2.24) is 15.6 Å². The maximum atomic E-state index is 12.5. The highest BCUT2D eigenvalue weighted by molar-refractivity contribution is 5.75. The third-order valence-corrected chi connectivity index (χ3v) is 4.54. The van der Waals surface area contributed by atoms with Crippen molar-refractivity contribution >= 4 is 6.03 Å². The third kappa shape index (κ3) is 5.48. The minimum absolute atomic E-state index is 0.245. The molecule has 0 spiro atoms. The van der Waals surface area contributed by atoms with Crippen LogP contribution in [0, 0.1) is 0 Å². The number of methoxy groups -OCH3 is 2. The molecule has 0 aliphatic carbocycles. The van der Waals surface area contributed by atoms with Gasteiger partial charge in [0, 0.05) is 12.7 Å². The van der Waals surface area contributed by atoms with Gasteiger partial charge in [0.05, 0.1) is 26.0 Å². The molecular weight excluding hydrogens is 366 g/mol. The van der Waals surface area contributed by atoms with Crippen molar-refractivity contribution in [3.63, 3.8) is 0 Å². The van der Waals surface area contributed by atoms with E-state index in [9.17, 15) is 4.79 Å². The summed E-state index contributed by atoms with van der Waals surface area (Å²) in [6.07, 6.45) is 2.40. The fraction of sp³-hybridized carbons (Fsp3) is 0.217. The first-order chi connectivity index (χ1) is 14.2. The van der Waals surface area contributed by atoms with Crippen molar-refractivity contribution in [3.8, 4) is 11.5 Å². The number of carbonyl (C=O) groups is 1. The highest BCUT2D eigenvalue weighted by atomic mass is 16.5. The number of hydrogen-bond donors (Lipinski definition) is 2. The van der Waals surface area contributed by atoms with Crippen molar-refractivity contribution in [2.45, 2.75) is 12.5 Å². The van der Waals surface area contributed by atoms with Gasteiger partial charge in [-0.25, -0.2) is 4.79 Å². The van der Waals surface area contributed by atoms with Gasteiger partial charge in [-0.2, -0.15) is 0 Å². The number of aromatic nitrogens is 1. The Morgan fingerprint density at radius 1 is 0.966 bits per heavy atom. The Kier molecular flexibility index (Phi) is 7.05. The van der Waals surface area contributed by atoms with Gasteiger partial charge < -0.3 is 20.1 Å². The molecule has 0 radical (unpaired) electrons. The Balaban J connectivity index is 1.61. The largest absolute Gasteiger partial charge is 0.493 e. The third-order valence-electron chi connectivity index (χ3n) is 4.54. The summed E-state index contributed by atoms with van der Waals surface area (Å²) in [5.41, 5.74) is 2.81. The van der Waals surface area contributed by atoms with E-state index in [1.54, 1.807) is 20.4 Å². The van der Waals surface area contributed by atoms with Crippen LogP contribution in [-0.2, 0) is 6.42 Å². The molecule has 3 aromatic rings. The number of carbonyl (C=O) groups excluding carboxylic acids is 1. The van der Waals surface area contributed by atoms with Crippen molar-refractivity contribution in [3.05, 3.63) is 89.7 Å². The topological polar surface area (TPSA) is 72.5 Å². The van der Waals surface area contributed by atoms with E-state index in [2.05, 4.69) is 15.6 Å². The molecule has 6 nitrogen and oxygen atoms in total. The summed E-state index contributed by atoms with van der Waals surface area (Å²) in [5, 5.41) is 5.94. The Morgan fingerprint density at radius 3 is 2.41 bits per heavy atom. The molecule has 2 aromatic carbocycles. The van der Waals surface area contributed by atoms with Gasteiger partial charge in [-0.3, -0.25) is 4.98 Å². The lowest BCUT2D eigenvalue weighted by atomic mass is 10.0. The monoisotopic (exact) mass is 391 g/mol. The molecule has 0 bridgehead atoms. The number of ether oxygens (including phenoxy) is 2. The zero-order valence-electron chi connectivity index (χ0n) is 16.6. The summed E-state index contributed by atoms with van der Waals surface area (Å²) >= 11 is 0. The van der Waals surface area contributed by atoms with Gasteiger partial charge in [0.25, 0.3) is 0 Å². The van der Waals surface area contributed by atoms with Crippen LogP contribution in [-0.4, -0.2) is 31.8 Å². The second-order valence-electron chi connectivity index (χ2n) is 6.44.